The summed E-state index contributed by atoms with van der Waals surface area (Å²) >= 11 is 0. The van der Waals surface area contributed by atoms with Crippen LogP contribution in [-0.4, -0.2) is 71.7 Å². The number of aromatic nitrogens is 2. The summed E-state index contributed by atoms with van der Waals surface area (Å²) in [4.78, 5) is 47.1. The average molecular weight is 417 g/mol. The highest BCUT2D eigenvalue weighted by molar-refractivity contribution is 5.99. The van der Waals surface area contributed by atoms with Crippen molar-refractivity contribution in [3.05, 3.63) is 28.3 Å². The van der Waals surface area contributed by atoms with Crippen molar-refractivity contribution in [2.24, 2.45) is 0 Å². The van der Waals surface area contributed by atoms with Crippen LogP contribution in [0.4, 0.5) is 16.2 Å². The Hall–Kier alpha value is -3.30. The van der Waals surface area contributed by atoms with E-state index in [1.54, 1.807) is 18.1 Å². The molecule has 1 aliphatic rings. The van der Waals surface area contributed by atoms with E-state index < -0.39 is 23.0 Å². The maximum Gasteiger partial charge on any atom is 0.360 e. The van der Waals surface area contributed by atoms with Gasteiger partial charge in [0.15, 0.2) is 11.3 Å². The molecule has 0 unspecified atom stereocenters. The molecule has 10 heteroatoms. The molecule has 2 aromatic heterocycles. The van der Waals surface area contributed by atoms with Crippen molar-refractivity contribution in [3.63, 3.8) is 0 Å². The lowest BCUT2D eigenvalue weighted by Gasteiger charge is -2.26. The van der Waals surface area contributed by atoms with E-state index in [4.69, 9.17) is 0 Å². The van der Waals surface area contributed by atoms with Gasteiger partial charge in [-0.05, 0) is 18.9 Å². The molecule has 162 valence electrons. The largest absolute Gasteiger partial charge is 0.501 e. The Balaban J connectivity index is 2.32. The van der Waals surface area contributed by atoms with E-state index in [0.717, 1.165) is 38.7 Å². The molecule has 1 aliphatic heterocycles. The Kier molecular flexibility index (Phi) is 6.14. The number of fused-ring (bicyclic) bond motifs is 1. The summed E-state index contributed by atoms with van der Waals surface area (Å²) in [6.07, 6.45) is 3.39. The maximum absolute atomic E-state index is 12.9. The number of esters is 1. The van der Waals surface area contributed by atoms with Crippen molar-refractivity contribution in [1.29, 1.82) is 0 Å². The van der Waals surface area contributed by atoms with Crippen LogP contribution >= 0.6 is 0 Å². The summed E-state index contributed by atoms with van der Waals surface area (Å²) in [5.41, 5.74) is -0.0237. The smallest absolute Gasteiger partial charge is 0.360 e. The number of aromatic hydroxyl groups is 1. The van der Waals surface area contributed by atoms with E-state index >= 15 is 0 Å². The number of anilines is 2. The maximum atomic E-state index is 12.9. The highest BCUT2D eigenvalue weighted by atomic mass is 16.5. The molecule has 0 bridgehead atoms. The number of urea groups is 1. The van der Waals surface area contributed by atoms with Gasteiger partial charge in [0.25, 0.3) is 0 Å². The predicted octanol–water partition coefficient (Wildman–Crippen LogP) is 1.68. The van der Waals surface area contributed by atoms with Crippen LogP contribution in [0.2, 0.25) is 0 Å². The Bertz CT molecular complexity index is 1030. The van der Waals surface area contributed by atoms with Crippen molar-refractivity contribution in [1.82, 2.24) is 14.3 Å². The van der Waals surface area contributed by atoms with E-state index in [-0.39, 0.29) is 11.7 Å². The molecule has 2 amide bonds. The zero-order chi connectivity index (χ0) is 22.0. The van der Waals surface area contributed by atoms with Crippen LogP contribution in [-0.2, 0) is 4.74 Å². The summed E-state index contributed by atoms with van der Waals surface area (Å²) in [5, 5.41) is 10.3. The van der Waals surface area contributed by atoms with E-state index in [2.05, 4.69) is 28.5 Å². The third-order valence-corrected chi connectivity index (χ3v) is 5.10. The van der Waals surface area contributed by atoms with Gasteiger partial charge < -0.3 is 19.6 Å². The number of ether oxygens (including phenoxy) is 1. The molecular weight excluding hydrogens is 390 g/mol. The number of rotatable bonds is 7. The summed E-state index contributed by atoms with van der Waals surface area (Å²) < 4.78 is 5.83. The minimum atomic E-state index is -0.925. The summed E-state index contributed by atoms with van der Waals surface area (Å²) in [6, 6.07) is 1.58. The molecule has 0 aliphatic carbocycles. The van der Waals surface area contributed by atoms with Crippen LogP contribution in [0, 0.1) is 0 Å². The van der Waals surface area contributed by atoms with Gasteiger partial charge in [0.2, 0.25) is 5.75 Å². The molecule has 30 heavy (non-hydrogen) atoms. The monoisotopic (exact) mass is 417 g/mol. The minimum absolute atomic E-state index is 0.110. The topological polar surface area (TPSA) is 108 Å². The highest BCUT2D eigenvalue weighted by Gasteiger charge is 2.31. The molecular formula is C20H27N5O5. The fourth-order valence-corrected chi connectivity index (χ4v) is 3.59. The molecule has 0 radical (unpaired) electrons. The normalized spacial score (nSPS) is 13.9. The summed E-state index contributed by atoms with van der Waals surface area (Å²) in [7, 11) is 2.84. The molecule has 0 atom stereocenters. The van der Waals surface area contributed by atoms with Crippen LogP contribution in [0.25, 0.3) is 5.65 Å². The van der Waals surface area contributed by atoms with Gasteiger partial charge in [0.05, 0.1) is 18.5 Å². The van der Waals surface area contributed by atoms with E-state index in [9.17, 15) is 19.5 Å². The molecule has 3 rings (SSSR count). The van der Waals surface area contributed by atoms with Crippen molar-refractivity contribution in [2.45, 2.75) is 26.7 Å². The number of methoxy groups -OCH3 is 1. The van der Waals surface area contributed by atoms with Crippen molar-refractivity contribution < 1.29 is 19.4 Å². The first kappa shape index (κ1) is 21.4. The molecule has 2 aromatic rings. The van der Waals surface area contributed by atoms with Crippen LogP contribution in [0.5, 0.6) is 5.75 Å². The first-order chi connectivity index (χ1) is 14.3. The van der Waals surface area contributed by atoms with Crippen LogP contribution in [0.15, 0.2) is 17.1 Å². The molecule has 3 heterocycles. The van der Waals surface area contributed by atoms with E-state index in [0.29, 0.717) is 18.8 Å². The van der Waals surface area contributed by atoms with Crippen molar-refractivity contribution >= 4 is 29.0 Å². The first-order valence-corrected chi connectivity index (χ1v) is 9.99. The number of carbonyl (C=O) groups excluding carboxylic acids is 2. The summed E-state index contributed by atoms with van der Waals surface area (Å²) in [5.74, 6) is -1.71. The molecule has 0 aromatic carbocycles. The van der Waals surface area contributed by atoms with Gasteiger partial charge >= 0.3 is 17.6 Å². The lowest BCUT2D eigenvalue weighted by molar-refractivity contribution is 0.0590. The first-order valence-electron chi connectivity index (χ1n) is 9.99. The van der Waals surface area contributed by atoms with Gasteiger partial charge in [-0.1, -0.05) is 13.8 Å². The van der Waals surface area contributed by atoms with Gasteiger partial charge in [0, 0.05) is 39.4 Å². The highest BCUT2D eigenvalue weighted by Crippen LogP contribution is 2.30. The zero-order valence-corrected chi connectivity index (χ0v) is 17.7. The number of amides is 2. The van der Waals surface area contributed by atoms with Gasteiger partial charge in [-0.3, -0.25) is 14.1 Å². The number of hydrogen-bond donors (Lipinski definition) is 1. The Morgan fingerprint density at radius 2 is 1.90 bits per heavy atom. The lowest BCUT2D eigenvalue weighted by Crippen LogP contribution is -2.32. The third kappa shape index (κ3) is 3.64. The Labute approximate surface area is 174 Å². The minimum Gasteiger partial charge on any atom is -0.501 e. The molecule has 1 N–H and O–H groups in total. The lowest BCUT2D eigenvalue weighted by atomic mass is 10.2. The second kappa shape index (κ2) is 8.60. The Morgan fingerprint density at radius 1 is 1.23 bits per heavy atom. The second-order valence-electron chi connectivity index (χ2n) is 7.23. The van der Waals surface area contributed by atoms with Crippen molar-refractivity contribution in [3.8, 4) is 5.75 Å². The predicted molar refractivity (Wildman–Crippen MR) is 113 cm³/mol. The fraction of sp³-hybridized carbons (Fsp3) is 0.500. The van der Waals surface area contributed by atoms with Gasteiger partial charge in [-0.15, -0.1) is 0 Å². The van der Waals surface area contributed by atoms with E-state index in [1.807, 2.05) is 6.07 Å². The molecule has 1 saturated heterocycles. The third-order valence-electron chi connectivity index (χ3n) is 5.10. The zero-order valence-electron chi connectivity index (χ0n) is 17.7. The standard InChI is InChI=1S/C20H27N5O5/c1-5-7-23(8-6-2)13-11-14(24-10-9-22(3)20(24)29)17-21-15(19(28)30-4)16(26)18(27)25(17)12-13/h11-12,26H,5-10H2,1-4H3. The van der Waals surface area contributed by atoms with E-state index in [1.165, 1.54) is 9.30 Å². The SMILES string of the molecule is CCCN(CCC)c1cc(N2CCN(C)C2=O)c2nc(C(=O)OC)c(O)c(=O)n2c1. The van der Waals surface area contributed by atoms with Crippen LogP contribution < -0.4 is 15.4 Å². The average Bonchev–Trinajstić information content (AvgIpc) is 3.07. The fourth-order valence-electron chi connectivity index (χ4n) is 3.59. The Morgan fingerprint density at radius 3 is 2.43 bits per heavy atom. The van der Waals surface area contributed by atoms with Crippen molar-refractivity contribution in [2.75, 3.05) is 50.1 Å². The van der Waals surface area contributed by atoms with Gasteiger partial charge in [-0.25, -0.2) is 14.6 Å². The molecule has 0 spiro atoms. The van der Waals surface area contributed by atoms with Gasteiger partial charge in [0.1, 0.15) is 0 Å². The van der Waals surface area contributed by atoms with Gasteiger partial charge in [-0.2, -0.15) is 0 Å². The quantitative estimate of drug-likeness (QED) is 0.683. The van der Waals surface area contributed by atoms with Crippen LogP contribution in [0.1, 0.15) is 37.2 Å². The number of carbonyl (C=O) groups is 2. The number of nitrogens with zero attached hydrogens (tertiary/aromatic N) is 5. The second-order valence-corrected chi connectivity index (χ2v) is 7.23. The number of likely N-dealkylation sites (N-methyl/N-ethyl adjacent to an activating group) is 1. The number of pyridine rings is 1. The molecule has 1 fully saturated rings. The number of hydrogen-bond acceptors (Lipinski definition) is 7. The summed E-state index contributed by atoms with van der Waals surface area (Å²) in [6.45, 7) is 6.59. The molecule has 0 saturated carbocycles. The van der Waals surface area contributed by atoms with Crippen LogP contribution in [0.3, 0.4) is 0 Å². The molecule has 10 nitrogen and oxygen atoms in total.